The molecule has 0 atom stereocenters. The molecular formula is C18H19BrN2O2. The van der Waals surface area contributed by atoms with Gasteiger partial charge in [0.05, 0.1) is 0 Å². The molecule has 2 amide bonds. The predicted octanol–water partition coefficient (Wildman–Crippen LogP) is 3.71. The van der Waals surface area contributed by atoms with Crippen LogP contribution in [0.5, 0.6) is 0 Å². The van der Waals surface area contributed by atoms with Crippen LogP contribution in [-0.4, -0.2) is 11.8 Å². The summed E-state index contributed by atoms with van der Waals surface area (Å²) >= 11 is 3.41. The van der Waals surface area contributed by atoms with Gasteiger partial charge >= 0.3 is 0 Å². The summed E-state index contributed by atoms with van der Waals surface area (Å²) in [5, 5.41) is 5.47. The van der Waals surface area contributed by atoms with Crippen LogP contribution in [0, 0.1) is 13.8 Å². The Labute approximate surface area is 144 Å². The summed E-state index contributed by atoms with van der Waals surface area (Å²) in [6.07, 6.45) is -0.197. The molecule has 2 aromatic carbocycles. The molecular weight excluding hydrogens is 356 g/mol. The highest BCUT2D eigenvalue weighted by Crippen LogP contribution is 2.20. The molecule has 0 heterocycles. The lowest BCUT2D eigenvalue weighted by Gasteiger charge is -2.08. The number of nitrogens with one attached hydrogen (secondary N) is 2. The van der Waals surface area contributed by atoms with Crippen molar-refractivity contribution in [1.29, 1.82) is 0 Å². The summed E-state index contributed by atoms with van der Waals surface area (Å²) in [5.41, 5.74) is 3.90. The van der Waals surface area contributed by atoms with Gasteiger partial charge in [0.1, 0.15) is 6.42 Å². The van der Waals surface area contributed by atoms with Crippen molar-refractivity contribution >= 4 is 33.4 Å². The van der Waals surface area contributed by atoms with Gasteiger partial charge in [-0.3, -0.25) is 9.59 Å². The van der Waals surface area contributed by atoms with E-state index in [4.69, 9.17) is 0 Å². The molecule has 0 unspecified atom stereocenters. The van der Waals surface area contributed by atoms with Gasteiger partial charge in [0, 0.05) is 16.7 Å². The molecule has 0 spiro atoms. The zero-order valence-electron chi connectivity index (χ0n) is 13.2. The van der Waals surface area contributed by atoms with Gasteiger partial charge in [0.2, 0.25) is 11.8 Å². The highest BCUT2D eigenvalue weighted by molar-refractivity contribution is 9.10. The quantitative estimate of drug-likeness (QED) is 0.783. The number of halogens is 1. The maximum Gasteiger partial charge on any atom is 0.233 e. The van der Waals surface area contributed by atoms with Crippen LogP contribution < -0.4 is 10.6 Å². The minimum Gasteiger partial charge on any atom is -0.352 e. The van der Waals surface area contributed by atoms with Gasteiger partial charge in [-0.15, -0.1) is 0 Å². The molecule has 23 heavy (non-hydrogen) atoms. The molecule has 5 heteroatoms. The van der Waals surface area contributed by atoms with Gasteiger partial charge in [-0.2, -0.15) is 0 Å². The monoisotopic (exact) mass is 374 g/mol. The van der Waals surface area contributed by atoms with Crippen LogP contribution in [-0.2, 0) is 16.1 Å². The first-order valence-electron chi connectivity index (χ1n) is 7.32. The van der Waals surface area contributed by atoms with Crippen LogP contribution in [0.25, 0.3) is 0 Å². The third kappa shape index (κ3) is 5.53. The number of hydrogen-bond acceptors (Lipinski definition) is 2. The van der Waals surface area contributed by atoms with Gasteiger partial charge in [0.25, 0.3) is 0 Å². The highest BCUT2D eigenvalue weighted by atomic mass is 79.9. The van der Waals surface area contributed by atoms with E-state index >= 15 is 0 Å². The molecule has 0 radical (unpaired) electrons. The van der Waals surface area contributed by atoms with E-state index in [-0.39, 0.29) is 18.2 Å². The fraction of sp³-hybridized carbons (Fsp3) is 0.222. The average molecular weight is 375 g/mol. The summed E-state index contributed by atoms with van der Waals surface area (Å²) < 4.78 is 0.916. The summed E-state index contributed by atoms with van der Waals surface area (Å²) in [7, 11) is 0. The third-order valence-corrected chi connectivity index (χ3v) is 4.20. The standard InChI is InChI=1S/C18H19BrN2O2/c1-12-4-3-5-14(8-12)11-20-17(22)10-18(23)21-15-7-6-13(2)16(19)9-15/h3-9H,10-11H2,1-2H3,(H,20,22)(H,21,23). The van der Waals surface area contributed by atoms with Gasteiger partial charge in [-0.25, -0.2) is 0 Å². The second-order valence-corrected chi connectivity index (χ2v) is 6.31. The Hall–Kier alpha value is -2.14. The normalized spacial score (nSPS) is 10.2. The molecule has 0 aliphatic rings. The number of amides is 2. The highest BCUT2D eigenvalue weighted by Gasteiger charge is 2.10. The summed E-state index contributed by atoms with van der Waals surface area (Å²) in [5.74, 6) is -0.627. The van der Waals surface area contributed by atoms with Crippen molar-refractivity contribution in [3.8, 4) is 0 Å². The lowest BCUT2D eigenvalue weighted by molar-refractivity contribution is -0.126. The van der Waals surface area contributed by atoms with E-state index in [0.717, 1.165) is 21.2 Å². The smallest absolute Gasteiger partial charge is 0.233 e. The van der Waals surface area contributed by atoms with Crippen molar-refractivity contribution in [3.05, 3.63) is 63.6 Å². The Bertz CT molecular complexity index is 729. The predicted molar refractivity (Wildman–Crippen MR) is 95.2 cm³/mol. The number of rotatable bonds is 5. The molecule has 2 aromatic rings. The van der Waals surface area contributed by atoms with Crippen molar-refractivity contribution in [2.75, 3.05) is 5.32 Å². The molecule has 0 saturated heterocycles. The minimum absolute atomic E-state index is 0.197. The summed E-state index contributed by atoms with van der Waals surface area (Å²) in [4.78, 5) is 23.7. The zero-order chi connectivity index (χ0) is 16.8. The van der Waals surface area contributed by atoms with Crippen LogP contribution in [0.3, 0.4) is 0 Å². The topological polar surface area (TPSA) is 58.2 Å². The number of carbonyl (C=O) groups is 2. The summed E-state index contributed by atoms with van der Waals surface area (Å²) in [6, 6.07) is 13.4. The van der Waals surface area contributed by atoms with Gasteiger partial charge in [-0.05, 0) is 37.1 Å². The van der Waals surface area contributed by atoms with Crippen molar-refractivity contribution in [1.82, 2.24) is 5.32 Å². The maximum absolute atomic E-state index is 11.9. The Kier molecular flexibility index (Phi) is 5.93. The number of anilines is 1. The van der Waals surface area contributed by atoms with Crippen LogP contribution in [0.4, 0.5) is 5.69 Å². The second-order valence-electron chi connectivity index (χ2n) is 5.45. The lowest BCUT2D eigenvalue weighted by atomic mass is 10.1. The van der Waals surface area contributed by atoms with Gasteiger partial charge in [-0.1, -0.05) is 51.8 Å². The van der Waals surface area contributed by atoms with Crippen molar-refractivity contribution in [2.24, 2.45) is 0 Å². The molecule has 2 N–H and O–H groups in total. The van der Waals surface area contributed by atoms with Gasteiger partial charge in [0.15, 0.2) is 0 Å². The van der Waals surface area contributed by atoms with Gasteiger partial charge < -0.3 is 10.6 Å². The maximum atomic E-state index is 11.9. The first-order chi connectivity index (χ1) is 10.9. The molecule has 0 bridgehead atoms. The largest absolute Gasteiger partial charge is 0.352 e. The molecule has 0 saturated carbocycles. The molecule has 120 valence electrons. The van der Waals surface area contributed by atoms with Crippen molar-refractivity contribution in [2.45, 2.75) is 26.8 Å². The zero-order valence-corrected chi connectivity index (χ0v) is 14.7. The third-order valence-electron chi connectivity index (χ3n) is 3.35. The lowest BCUT2D eigenvalue weighted by Crippen LogP contribution is -2.27. The fourth-order valence-electron chi connectivity index (χ4n) is 2.11. The molecule has 0 fully saturated rings. The molecule has 4 nitrogen and oxygen atoms in total. The number of benzene rings is 2. The molecule has 2 rings (SSSR count). The molecule has 0 aromatic heterocycles. The Morgan fingerprint density at radius 2 is 1.83 bits per heavy atom. The molecule has 0 aliphatic carbocycles. The van der Waals surface area contributed by atoms with Crippen LogP contribution in [0.15, 0.2) is 46.9 Å². The van der Waals surface area contributed by atoms with E-state index in [0.29, 0.717) is 12.2 Å². The van der Waals surface area contributed by atoms with E-state index in [2.05, 4.69) is 26.6 Å². The van der Waals surface area contributed by atoms with Crippen molar-refractivity contribution in [3.63, 3.8) is 0 Å². The SMILES string of the molecule is Cc1cccc(CNC(=O)CC(=O)Nc2ccc(C)c(Br)c2)c1. The number of aryl methyl sites for hydroxylation is 2. The Balaban J connectivity index is 1.82. The van der Waals surface area contributed by atoms with Crippen LogP contribution >= 0.6 is 15.9 Å². The van der Waals surface area contributed by atoms with E-state index < -0.39 is 0 Å². The van der Waals surface area contributed by atoms with Crippen LogP contribution in [0.1, 0.15) is 23.1 Å². The minimum atomic E-state index is -0.331. The average Bonchev–Trinajstić information content (AvgIpc) is 2.49. The Morgan fingerprint density at radius 3 is 2.52 bits per heavy atom. The first kappa shape index (κ1) is 17.2. The van der Waals surface area contributed by atoms with E-state index in [9.17, 15) is 9.59 Å². The first-order valence-corrected chi connectivity index (χ1v) is 8.11. The number of hydrogen-bond donors (Lipinski definition) is 2. The Morgan fingerprint density at radius 1 is 1.04 bits per heavy atom. The summed E-state index contributed by atoms with van der Waals surface area (Å²) in [6.45, 7) is 4.39. The van der Waals surface area contributed by atoms with Crippen LogP contribution in [0.2, 0.25) is 0 Å². The number of carbonyl (C=O) groups excluding carboxylic acids is 2. The van der Waals surface area contributed by atoms with Crippen molar-refractivity contribution < 1.29 is 9.59 Å². The molecule has 0 aliphatic heterocycles. The fourth-order valence-corrected chi connectivity index (χ4v) is 2.49. The van der Waals surface area contributed by atoms with E-state index in [1.165, 1.54) is 0 Å². The second kappa shape index (κ2) is 7.92. The van der Waals surface area contributed by atoms with E-state index in [1.54, 1.807) is 0 Å². The van der Waals surface area contributed by atoms with E-state index in [1.807, 2.05) is 56.3 Å².